The van der Waals surface area contributed by atoms with Gasteiger partial charge >= 0.3 is 0 Å². The SMILES string of the molecule is CC(=O)Nc1nc2ccc(-c3ccc(O)c(S(=O)(=O)NCCN)c3)cc2s1. The highest BCUT2D eigenvalue weighted by Crippen LogP contribution is 2.33. The summed E-state index contributed by atoms with van der Waals surface area (Å²) in [6.07, 6.45) is 0. The normalized spacial score (nSPS) is 11.6. The molecule has 0 bridgehead atoms. The van der Waals surface area contributed by atoms with Gasteiger partial charge in [-0.3, -0.25) is 4.79 Å². The molecule has 27 heavy (non-hydrogen) atoms. The molecule has 0 saturated carbocycles. The van der Waals surface area contributed by atoms with E-state index < -0.39 is 10.0 Å². The van der Waals surface area contributed by atoms with Crippen molar-refractivity contribution in [1.82, 2.24) is 9.71 Å². The lowest BCUT2D eigenvalue weighted by Crippen LogP contribution is -2.29. The molecule has 8 nitrogen and oxygen atoms in total. The average Bonchev–Trinajstić information content (AvgIpc) is 3.00. The van der Waals surface area contributed by atoms with E-state index in [-0.39, 0.29) is 29.6 Å². The van der Waals surface area contributed by atoms with E-state index in [4.69, 9.17) is 5.73 Å². The number of rotatable bonds is 6. The number of nitrogens with one attached hydrogen (secondary N) is 2. The molecule has 5 N–H and O–H groups in total. The van der Waals surface area contributed by atoms with Crippen LogP contribution in [-0.2, 0) is 14.8 Å². The lowest BCUT2D eigenvalue weighted by atomic mass is 10.1. The molecule has 0 saturated heterocycles. The van der Waals surface area contributed by atoms with Crippen molar-refractivity contribution in [2.75, 3.05) is 18.4 Å². The molecule has 0 fully saturated rings. The number of carbonyl (C=O) groups is 1. The maximum atomic E-state index is 12.3. The first-order valence-corrected chi connectivity index (χ1v) is 10.3. The van der Waals surface area contributed by atoms with Crippen LogP contribution < -0.4 is 15.8 Å². The summed E-state index contributed by atoms with van der Waals surface area (Å²) in [5.41, 5.74) is 7.45. The Morgan fingerprint density at radius 2 is 1.93 bits per heavy atom. The second-order valence-corrected chi connectivity index (χ2v) is 8.52. The molecule has 3 rings (SSSR count). The predicted molar refractivity (Wildman–Crippen MR) is 105 cm³/mol. The van der Waals surface area contributed by atoms with Gasteiger partial charge in [-0.25, -0.2) is 18.1 Å². The topological polar surface area (TPSA) is 134 Å². The highest BCUT2D eigenvalue weighted by Gasteiger charge is 2.19. The molecule has 0 aliphatic rings. The van der Waals surface area contributed by atoms with Crippen LogP contribution >= 0.6 is 11.3 Å². The average molecular weight is 406 g/mol. The van der Waals surface area contributed by atoms with Crippen molar-refractivity contribution in [1.29, 1.82) is 0 Å². The maximum absolute atomic E-state index is 12.3. The third-order valence-corrected chi connectivity index (χ3v) is 6.11. The lowest BCUT2D eigenvalue weighted by molar-refractivity contribution is -0.114. The zero-order valence-corrected chi connectivity index (χ0v) is 16.0. The van der Waals surface area contributed by atoms with Crippen LogP contribution in [0.4, 0.5) is 5.13 Å². The fourth-order valence-corrected chi connectivity index (χ4v) is 4.61. The van der Waals surface area contributed by atoms with Crippen LogP contribution in [0.25, 0.3) is 21.3 Å². The smallest absolute Gasteiger partial charge is 0.244 e. The Labute approximate surface area is 160 Å². The van der Waals surface area contributed by atoms with E-state index in [1.54, 1.807) is 18.2 Å². The zero-order valence-electron chi connectivity index (χ0n) is 14.4. The van der Waals surface area contributed by atoms with Crippen LogP contribution in [0.15, 0.2) is 41.3 Å². The number of hydrogen-bond donors (Lipinski definition) is 4. The van der Waals surface area contributed by atoms with E-state index in [0.717, 1.165) is 15.8 Å². The van der Waals surface area contributed by atoms with E-state index in [0.29, 0.717) is 10.7 Å². The number of aromatic hydroxyl groups is 1. The molecule has 0 radical (unpaired) electrons. The summed E-state index contributed by atoms with van der Waals surface area (Å²) < 4.78 is 27.9. The van der Waals surface area contributed by atoms with Crippen molar-refractivity contribution in [3.63, 3.8) is 0 Å². The van der Waals surface area contributed by atoms with Crippen LogP contribution in [0.5, 0.6) is 5.75 Å². The molecule has 1 aromatic heterocycles. The van der Waals surface area contributed by atoms with Crippen molar-refractivity contribution in [3.05, 3.63) is 36.4 Å². The number of sulfonamides is 1. The van der Waals surface area contributed by atoms with Gasteiger partial charge in [-0.1, -0.05) is 23.5 Å². The van der Waals surface area contributed by atoms with Gasteiger partial charge < -0.3 is 16.2 Å². The molecule has 3 aromatic rings. The van der Waals surface area contributed by atoms with Crippen molar-refractivity contribution in [2.45, 2.75) is 11.8 Å². The number of hydrogen-bond acceptors (Lipinski definition) is 7. The number of aromatic nitrogens is 1. The molecule has 0 aliphatic heterocycles. The van der Waals surface area contributed by atoms with Crippen molar-refractivity contribution < 1.29 is 18.3 Å². The predicted octanol–water partition coefficient (Wildman–Crippen LogP) is 1.86. The van der Waals surface area contributed by atoms with Gasteiger partial charge in [-0.2, -0.15) is 0 Å². The Balaban J connectivity index is 2.01. The van der Waals surface area contributed by atoms with Gasteiger partial charge in [0.25, 0.3) is 0 Å². The number of amides is 1. The zero-order chi connectivity index (χ0) is 19.6. The summed E-state index contributed by atoms with van der Waals surface area (Å²) in [5.74, 6) is -0.539. The molecule has 0 spiro atoms. The minimum atomic E-state index is -3.87. The van der Waals surface area contributed by atoms with Crippen LogP contribution in [0.2, 0.25) is 0 Å². The highest BCUT2D eigenvalue weighted by atomic mass is 32.2. The summed E-state index contributed by atoms with van der Waals surface area (Å²) in [5, 5.41) is 13.1. The van der Waals surface area contributed by atoms with E-state index in [1.165, 1.54) is 30.4 Å². The standard InChI is InChI=1S/C17H18N4O4S2/c1-10(22)20-17-21-13-4-2-11(8-15(13)26-17)12-3-5-14(23)16(9-12)27(24,25)19-7-6-18/h2-5,8-9,19,23H,6-7,18H2,1H3,(H,20,21,22). The number of phenolic OH excluding ortho intramolecular Hbond substituents is 1. The summed E-state index contributed by atoms with van der Waals surface area (Å²) in [6.45, 7) is 1.64. The fraction of sp³-hybridized carbons (Fsp3) is 0.176. The number of fused-ring (bicyclic) bond motifs is 1. The molecule has 2 aromatic carbocycles. The first kappa shape index (κ1) is 19.2. The van der Waals surface area contributed by atoms with Crippen molar-refractivity contribution in [2.24, 2.45) is 5.73 Å². The molecule has 1 heterocycles. The van der Waals surface area contributed by atoms with E-state index in [1.807, 2.05) is 6.07 Å². The summed E-state index contributed by atoms with van der Waals surface area (Å²) in [4.78, 5) is 15.3. The van der Waals surface area contributed by atoms with Gasteiger partial charge in [-0.15, -0.1) is 0 Å². The van der Waals surface area contributed by atoms with E-state index >= 15 is 0 Å². The first-order chi connectivity index (χ1) is 12.8. The molecular formula is C17H18N4O4S2. The minimum absolute atomic E-state index is 0.0742. The summed E-state index contributed by atoms with van der Waals surface area (Å²) in [7, 11) is -3.87. The summed E-state index contributed by atoms with van der Waals surface area (Å²) in [6, 6.07) is 9.83. The molecule has 0 unspecified atom stereocenters. The maximum Gasteiger partial charge on any atom is 0.244 e. The summed E-state index contributed by atoms with van der Waals surface area (Å²) >= 11 is 1.32. The number of anilines is 1. The molecule has 0 aliphatic carbocycles. The molecule has 10 heteroatoms. The number of nitrogens with zero attached hydrogens (tertiary/aromatic N) is 1. The number of phenols is 1. The van der Waals surface area contributed by atoms with Crippen LogP contribution in [0.3, 0.4) is 0 Å². The second-order valence-electron chi connectivity index (χ2n) is 5.75. The Hall–Kier alpha value is -2.53. The Morgan fingerprint density at radius 3 is 2.63 bits per heavy atom. The number of benzene rings is 2. The quantitative estimate of drug-likeness (QED) is 0.494. The van der Waals surface area contributed by atoms with Gasteiger partial charge in [0, 0.05) is 20.0 Å². The Kier molecular flexibility index (Phi) is 5.42. The van der Waals surface area contributed by atoms with Crippen LogP contribution in [0.1, 0.15) is 6.92 Å². The van der Waals surface area contributed by atoms with Crippen molar-refractivity contribution >= 4 is 42.6 Å². The largest absolute Gasteiger partial charge is 0.507 e. The lowest BCUT2D eigenvalue weighted by Gasteiger charge is -2.10. The Morgan fingerprint density at radius 1 is 1.22 bits per heavy atom. The van der Waals surface area contributed by atoms with E-state index in [9.17, 15) is 18.3 Å². The molecule has 142 valence electrons. The van der Waals surface area contributed by atoms with Crippen molar-refractivity contribution in [3.8, 4) is 16.9 Å². The Bertz CT molecular complexity index is 1110. The second kappa shape index (κ2) is 7.61. The van der Waals surface area contributed by atoms with Crippen LogP contribution in [-0.4, -0.2) is 37.5 Å². The first-order valence-electron chi connectivity index (χ1n) is 8.01. The van der Waals surface area contributed by atoms with Gasteiger partial charge in [0.2, 0.25) is 15.9 Å². The number of nitrogens with two attached hydrogens (primary N) is 1. The monoisotopic (exact) mass is 406 g/mol. The molecule has 0 atom stereocenters. The minimum Gasteiger partial charge on any atom is -0.507 e. The molecule has 1 amide bonds. The molecular weight excluding hydrogens is 388 g/mol. The van der Waals surface area contributed by atoms with Gasteiger partial charge in [0.15, 0.2) is 5.13 Å². The van der Waals surface area contributed by atoms with Gasteiger partial charge in [0.05, 0.1) is 10.2 Å². The van der Waals surface area contributed by atoms with Gasteiger partial charge in [0.1, 0.15) is 10.6 Å². The fourth-order valence-electron chi connectivity index (χ4n) is 2.49. The number of carbonyl (C=O) groups excluding carboxylic acids is 1. The van der Waals surface area contributed by atoms with Crippen LogP contribution in [0, 0.1) is 0 Å². The highest BCUT2D eigenvalue weighted by molar-refractivity contribution is 7.89. The third kappa shape index (κ3) is 4.25. The van der Waals surface area contributed by atoms with E-state index in [2.05, 4.69) is 15.0 Å². The number of thiazole rings is 1. The third-order valence-electron chi connectivity index (χ3n) is 3.69. The van der Waals surface area contributed by atoms with Gasteiger partial charge in [-0.05, 0) is 35.4 Å².